The number of benzene rings is 2. The highest BCUT2D eigenvalue weighted by Gasteiger charge is 2.10. The summed E-state index contributed by atoms with van der Waals surface area (Å²) in [5.41, 5.74) is 2.40. The van der Waals surface area contributed by atoms with Crippen LogP contribution in [0.4, 0.5) is 14.5 Å². The largest absolute Gasteiger partial charge is 0.319 e. The van der Waals surface area contributed by atoms with Gasteiger partial charge < -0.3 is 5.32 Å². The number of amides is 1. The zero-order valence-corrected chi connectivity index (χ0v) is 14.2. The zero-order valence-electron chi connectivity index (χ0n) is 14.2. The minimum Gasteiger partial charge on any atom is -0.319 e. The first-order valence-corrected chi connectivity index (χ1v) is 8.03. The van der Waals surface area contributed by atoms with Crippen molar-refractivity contribution >= 4 is 11.6 Å². The molecule has 3 aromatic rings. The van der Waals surface area contributed by atoms with Gasteiger partial charge in [-0.2, -0.15) is 5.10 Å². The summed E-state index contributed by atoms with van der Waals surface area (Å²) >= 11 is 0. The Bertz CT molecular complexity index is 879. The van der Waals surface area contributed by atoms with Crippen molar-refractivity contribution in [2.45, 2.75) is 13.1 Å². The van der Waals surface area contributed by atoms with Crippen molar-refractivity contribution in [2.24, 2.45) is 0 Å². The van der Waals surface area contributed by atoms with E-state index in [2.05, 4.69) is 20.4 Å². The molecule has 0 aliphatic rings. The van der Waals surface area contributed by atoms with Crippen molar-refractivity contribution in [3.8, 4) is 0 Å². The van der Waals surface area contributed by atoms with Crippen molar-refractivity contribution in [3.63, 3.8) is 0 Å². The standard InChI is InChI=1S/C19H18F2N4O/c1-25(12-16-8-9-22-24-16)11-13-2-4-14(5-3-13)19(26)23-18-7-6-15(20)10-17(18)21/h2-10H,11-12H2,1H3,(H,22,24)(H,23,26). The Labute approximate surface area is 149 Å². The molecule has 134 valence electrons. The fourth-order valence-corrected chi connectivity index (χ4v) is 2.58. The Kier molecular flexibility index (Phi) is 5.38. The van der Waals surface area contributed by atoms with Gasteiger partial charge >= 0.3 is 0 Å². The van der Waals surface area contributed by atoms with E-state index in [4.69, 9.17) is 0 Å². The predicted molar refractivity (Wildman–Crippen MR) is 94.5 cm³/mol. The lowest BCUT2D eigenvalue weighted by molar-refractivity contribution is 0.102. The van der Waals surface area contributed by atoms with Gasteiger partial charge in [0.25, 0.3) is 5.91 Å². The number of hydrogen-bond donors (Lipinski definition) is 2. The number of nitrogens with zero attached hydrogens (tertiary/aromatic N) is 2. The molecular formula is C19H18F2N4O. The molecular weight excluding hydrogens is 338 g/mol. The van der Waals surface area contributed by atoms with E-state index in [0.717, 1.165) is 29.9 Å². The molecule has 26 heavy (non-hydrogen) atoms. The molecule has 3 rings (SSSR count). The molecule has 0 bridgehead atoms. The van der Waals surface area contributed by atoms with E-state index < -0.39 is 17.5 Å². The highest BCUT2D eigenvalue weighted by atomic mass is 19.1. The molecule has 7 heteroatoms. The van der Waals surface area contributed by atoms with Gasteiger partial charge in [0, 0.05) is 36.6 Å². The normalized spacial score (nSPS) is 10.9. The zero-order chi connectivity index (χ0) is 18.5. The first-order valence-electron chi connectivity index (χ1n) is 8.03. The van der Waals surface area contributed by atoms with Crippen molar-refractivity contribution in [1.82, 2.24) is 15.1 Å². The number of carbonyl (C=O) groups excluding carboxylic acids is 1. The van der Waals surface area contributed by atoms with Gasteiger partial charge in [-0.15, -0.1) is 0 Å². The van der Waals surface area contributed by atoms with E-state index in [0.29, 0.717) is 12.1 Å². The molecule has 0 fully saturated rings. The Balaban J connectivity index is 1.60. The van der Waals surface area contributed by atoms with Crippen molar-refractivity contribution in [3.05, 3.63) is 83.2 Å². The van der Waals surface area contributed by atoms with Crippen LogP contribution in [0.2, 0.25) is 0 Å². The third kappa shape index (κ3) is 4.52. The average Bonchev–Trinajstić information content (AvgIpc) is 3.10. The molecule has 0 radical (unpaired) electrons. The second kappa shape index (κ2) is 7.88. The van der Waals surface area contributed by atoms with Gasteiger partial charge in [-0.1, -0.05) is 12.1 Å². The van der Waals surface area contributed by atoms with Crippen LogP contribution in [0.15, 0.2) is 54.7 Å². The second-order valence-corrected chi connectivity index (χ2v) is 6.03. The molecule has 2 aromatic carbocycles. The van der Waals surface area contributed by atoms with E-state index in [-0.39, 0.29) is 5.69 Å². The molecule has 1 heterocycles. The molecule has 1 amide bonds. The number of carbonyl (C=O) groups is 1. The number of rotatable bonds is 6. The van der Waals surface area contributed by atoms with E-state index in [1.807, 2.05) is 25.2 Å². The van der Waals surface area contributed by atoms with E-state index in [1.165, 1.54) is 6.07 Å². The molecule has 2 N–H and O–H groups in total. The molecule has 0 spiro atoms. The van der Waals surface area contributed by atoms with E-state index >= 15 is 0 Å². The smallest absolute Gasteiger partial charge is 0.255 e. The van der Waals surface area contributed by atoms with E-state index in [9.17, 15) is 13.6 Å². The Morgan fingerprint density at radius 2 is 1.88 bits per heavy atom. The van der Waals surface area contributed by atoms with Gasteiger partial charge in [0.1, 0.15) is 11.6 Å². The molecule has 0 saturated carbocycles. The minimum absolute atomic E-state index is 0.0558. The molecule has 0 unspecified atom stereocenters. The lowest BCUT2D eigenvalue weighted by Crippen LogP contribution is -2.18. The second-order valence-electron chi connectivity index (χ2n) is 6.03. The Morgan fingerprint density at radius 3 is 2.54 bits per heavy atom. The summed E-state index contributed by atoms with van der Waals surface area (Å²) in [5.74, 6) is -1.95. The van der Waals surface area contributed by atoms with E-state index in [1.54, 1.807) is 18.3 Å². The Hall–Kier alpha value is -3.06. The number of anilines is 1. The molecule has 0 aliphatic heterocycles. The van der Waals surface area contributed by atoms with Gasteiger partial charge in [-0.25, -0.2) is 8.78 Å². The summed E-state index contributed by atoms with van der Waals surface area (Å²) in [4.78, 5) is 14.3. The van der Waals surface area contributed by atoms with Crippen LogP contribution in [0.5, 0.6) is 0 Å². The first kappa shape index (κ1) is 17.8. The highest BCUT2D eigenvalue weighted by Crippen LogP contribution is 2.16. The lowest BCUT2D eigenvalue weighted by atomic mass is 10.1. The van der Waals surface area contributed by atoms with Crippen molar-refractivity contribution in [1.29, 1.82) is 0 Å². The van der Waals surface area contributed by atoms with Crippen LogP contribution in [-0.4, -0.2) is 28.1 Å². The summed E-state index contributed by atoms with van der Waals surface area (Å²) in [6, 6.07) is 12.0. The summed E-state index contributed by atoms with van der Waals surface area (Å²) in [5, 5.41) is 9.27. The third-order valence-electron chi connectivity index (χ3n) is 3.85. The maximum atomic E-state index is 13.6. The maximum Gasteiger partial charge on any atom is 0.255 e. The topological polar surface area (TPSA) is 61.0 Å². The number of hydrogen-bond acceptors (Lipinski definition) is 3. The molecule has 0 aliphatic carbocycles. The maximum absolute atomic E-state index is 13.6. The first-order chi connectivity index (χ1) is 12.5. The Morgan fingerprint density at radius 1 is 1.12 bits per heavy atom. The predicted octanol–water partition coefficient (Wildman–Crippen LogP) is 3.57. The molecule has 5 nitrogen and oxygen atoms in total. The van der Waals surface area contributed by atoms with Gasteiger partial charge in [-0.3, -0.25) is 14.8 Å². The van der Waals surface area contributed by atoms with Gasteiger partial charge in [0.2, 0.25) is 0 Å². The lowest BCUT2D eigenvalue weighted by Gasteiger charge is -2.15. The van der Waals surface area contributed by atoms with Gasteiger partial charge in [0.05, 0.1) is 5.69 Å². The fourth-order valence-electron chi connectivity index (χ4n) is 2.58. The van der Waals surface area contributed by atoms with Gasteiger partial charge in [-0.05, 0) is 42.9 Å². The van der Waals surface area contributed by atoms with Crippen LogP contribution in [0.3, 0.4) is 0 Å². The molecule has 1 aromatic heterocycles. The fraction of sp³-hybridized carbons (Fsp3) is 0.158. The summed E-state index contributed by atoms with van der Waals surface area (Å²) in [7, 11) is 1.98. The third-order valence-corrected chi connectivity index (χ3v) is 3.85. The summed E-state index contributed by atoms with van der Waals surface area (Å²) in [6.45, 7) is 1.43. The molecule has 0 atom stereocenters. The van der Waals surface area contributed by atoms with Crippen LogP contribution in [0, 0.1) is 11.6 Å². The number of halogens is 2. The minimum atomic E-state index is -0.810. The van der Waals surface area contributed by atoms with Crippen LogP contribution in [0.1, 0.15) is 21.6 Å². The molecule has 0 saturated heterocycles. The van der Waals surface area contributed by atoms with Gasteiger partial charge in [0.15, 0.2) is 0 Å². The van der Waals surface area contributed by atoms with Crippen LogP contribution in [0.25, 0.3) is 0 Å². The van der Waals surface area contributed by atoms with Crippen molar-refractivity contribution < 1.29 is 13.6 Å². The number of aromatic nitrogens is 2. The quantitative estimate of drug-likeness (QED) is 0.710. The van der Waals surface area contributed by atoms with Crippen LogP contribution < -0.4 is 5.32 Å². The highest BCUT2D eigenvalue weighted by molar-refractivity contribution is 6.04. The monoisotopic (exact) mass is 356 g/mol. The number of H-pyrrole nitrogens is 1. The SMILES string of the molecule is CN(Cc1ccc(C(=O)Nc2ccc(F)cc2F)cc1)Cc1ccn[nH]1. The summed E-state index contributed by atoms with van der Waals surface area (Å²) in [6.07, 6.45) is 1.71. The average molecular weight is 356 g/mol. The number of nitrogens with one attached hydrogen (secondary N) is 2. The van der Waals surface area contributed by atoms with Crippen LogP contribution >= 0.6 is 0 Å². The summed E-state index contributed by atoms with van der Waals surface area (Å²) < 4.78 is 26.5. The van der Waals surface area contributed by atoms with Crippen molar-refractivity contribution in [2.75, 3.05) is 12.4 Å². The number of aromatic amines is 1. The van der Waals surface area contributed by atoms with Crippen LogP contribution in [-0.2, 0) is 13.1 Å².